The number of benzene rings is 1. The quantitative estimate of drug-likeness (QED) is 0.925. The predicted octanol–water partition coefficient (Wildman–Crippen LogP) is 3.16. The molecule has 0 fully saturated rings. The van der Waals surface area contributed by atoms with Gasteiger partial charge in [-0.25, -0.2) is 4.98 Å². The van der Waals surface area contributed by atoms with Crippen LogP contribution in [0.3, 0.4) is 0 Å². The lowest BCUT2D eigenvalue weighted by molar-refractivity contribution is 0.216. The summed E-state index contributed by atoms with van der Waals surface area (Å²) >= 11 is 1.47. The summed E-state index contributed by atoms with van der Waals surface area (Å²) in [7, 11) is 1.63. The number of hydrogen-bond acceptors (Lipinski definition) is 4. The number of ether oxygens (including phenoxy) is 1. The van der Waals surface area contributed by atoms with Crippen molar-refractivity contribution in [2.24, 2.45) is 0 Å². The molecule has 18 heavy (non-hydrogen) atoms. The Morgan fingerprint density at radius 3 is 2.56 bits per heavy atom. The highest BCUT2D eigenvalue weighted by Gasteiger charge is 2.21. The van der Waals surface area contributed by atoms with E-state index in [4.69, 9.17) is 4.74 Å². The number of nitrogens with zero attached hydrogens (tertiary/aromatic N) is 1. The van der Waals surface area contributed by atoms with Gasteiger partial charge in [0.15, 0.2) is 0 Å². The minimum absolute atomic E-state index is 0.673. The molecule has 0 amide bonds. The Balaban J connectivity index is 2.54. The molecule has 0 saturated heterocycles. The zero-order valence-electron chi connectivity index (χ0n) is 11.0. The van der Waals surface area contributed by atoms with Crippen LogP contribution in [-0.4, -0.2) is 17.2 Å². The Morgan fingerprint density at radius 2 is 2.00 bits per heavy atom. The Kier molecular flexibility index (Phi) is 3.68. The maximum atomic E-state index is 10.5. The van der Waals surface area contributed by atoms with Gasteiger partial charge in [-0.05, 0) is 38.0 Å². The highest BCUT2D eigenvalue weighted by molar-refractivity contribution is 7.09. The molecule has 0 saturated carbocycles. The topological polar surface area (TPSA) is 42.4 Å². The number of aromatic nitrogens is 1. The molecule has 2 rings (SSSR count). The van der Waals surface area contributed by atoms with Gasteiger partial charge in [-0.1, -0.05) is 6.07 Å². The van der Waals surface area contributed by atoms with Crippen LogP contribution >= 0.6 is 11.3 Å². The van der Waals surface area contributed by atoms with Crippen molar-refractivity contribution in [2.45, 2.75) is 26.9 Å². The second-order valence-corrected chi connectivity index (χ2v) is 5.29. The first-order valence-electron chi connectivity index (χ1n) is 5.77. The monoisotopic (exact) mass is 263 g/mol. The van der Waals surface area contributed by atoms with E-state index >= 15 is 0 Å². The van der Waals surface area contributed by atoms with E-state index in [1.54, 1.807) is 12.6 Å². The number of methoxy groups -OCH3 is 1. The Labute approximate surface area is 111 Å². The van der Waals surface area contributed by atoms with Gasteiger partial charge in [0.25, 0.3) is 0 Å². The van der Waals surface area contributed by atoms with Gasteiger partial charge in [0.2, 0.25) is 0 Å². The van der Waals surface area contributed by atoms with E-state index in [-0.39, 0.29) is 0 Å². The van der Waals surface area contributed by atoms with Crippen LogP contribution in [0.5, 0.6) is 5.75 Å². The Hall–Kier alpha value is -1.39. The molecular formula is C14H17NO2S. The van der Waals surface area contributed by atoms with Crippen LogP contribution in [0.25, 0.3) is 0 Å². The molecular weight excluding hydrogens is 246 g/mol. The van der Waals surface area contributed by atoms with Gasteiger partial charge in [0.1, 0.15) is 11.9 Å². The van der Waals surface area contributed by atoms with Crippen molar-refractivity contribution in [3.63, 3.8) is 0 Å². The molecule has 0 aliphatic heterocycles. The first-order chi connectivity index (χ1) is 8.54. The van der Waals surface area contributed by atoms with Crippen LogP contribution in [0.15, 0.2) is 17.6 Å². The van der Waals surface area contributed by atoms with E-state index in [2.05, 4.69) is 11.1 Å². The minimum atomic E-state index is -0.673. The number of aryl methyl sites for hydroxylation is 3. The van der Waals surface area contributed by atoms with Gasteiger partial charge in [-0.15, -0.1) is 11.3 Å². The normalized spacial score (nSPS) is 12.5. The van der Waals surface area contributed by atoms with Crippen molar-refractivity contribution in [3.05, 3.63) is 44.9 Å². The van der Waals surface area contributed by atoms with Crippen molar-refractivity contribution in [1.82, 2.24) is 4.98 Å². The average Bonchev–Trinajstić information content (AvgIpc) is 2.73. The summed E-state index contributed by atoms with van der Waals surface area (Å²) in [6.45, 7) is 5.92. The molecule has 1 heterocycles. The van der Waals surface area contributed by atoms with Crippen LogP contribution in [0, 0.1) is 20.8 Å². The Morgan fingerprint density at radius 1 is 1.28 bits per heavy atom. The predicted molar refractivity (Wildman–Crippen MR) is 73.4 cm³/mol. The first-order valence-corrected chi connectivity index (χ1v) is 6.65. The zero-order chi connectivity index (χ0) is 13.3. The number of rotatable bonds is 3. The van der Waals surface area contributed by atoms with Gasteiger partial charge in [-0.2, -0.15) is 0 Å². The Bertz CT molecular complexity index is 563. The summed E-state index contributed by atoms with van der Waals surface area (Å²) in [6, 6.07) is 4.00. The maximum absolute atomic E-state index is 10.5. The van der Waals surface area contributed by atoms with Gasteiger partial charge in [-0.3, -0.25) is 0 Å². The number of thiazole rings is 1. The van der Waals surface area contributed by atoms with Crippen LogP contribution in [0.1, 0.15) is 33.4 Å². The highest BCUT2D eigenvalue weighted by Crippen LogP contribution is 2.36. The van der Waals surface area contributed by atoms with Crippen molar-refractivity contribution >= 4 is 11.3 Å². The molecule has 1 unspecified atom stereocenters. The van der Waals surface area contributed by atoms with E-state index in [0.717, 1.165) is 33.0 Å². The van der Waals surface area contributed by atoms with Crippen LogP contribution in [0.4, 0.5) is 0 Å². The SMILES string of the molecule is COc1cc(C)cc(C)c1C(O)c1scnc1C. The molecule has 1 N–H and O–H groups in total. The lowest BCUT2D eigenvalue weighted by Crippen LogP contribution is -2.05. The molecule has 2 aromatic rings. The van der Waals surface area contributed by atoms with Crippen LogP contribution < -0.4 is 4.74 Å². The molecule has 1 atom stereocenters. The standard InChI is InChI=1S/C14H17NO2S/c1-8-5-9(2)12(11(6-8)17-4)13(16)14-10(3)15-7-18-14/h5-7,13,16H,1-4H3. The summed E-state index contributed by atoms with van der Waals surface area (Å²) < 4.78 is 5.39. The fourth-order valence-corrected chi connectivity index (χ4v) is 2.96. The second kappa shape index (κ2) is 5.08. The molecule has 96 valence electrons. The molecule has 3 nitrogen and oxygen atoms in total. The maximum Gasteiger partial charge on any atom is 0.125 e. The lowest BCUT2D eigenvalue weighted by Gasteiger charge is -2.17. The average molecular weight is 263 g/mol. The molecule has 1 aromatic heterocycles. The third-order valence-electron chi connectivity index (χ3n) is 3.02. The number of aliphatic hydroxyl groups is 1. The first kappa shape index (κ1) is 13.1. The van der Waals surface area contributed by atoms with Crippen molar-refractivity contribution < 1.29 is 9.84 Å². The lowest BCUT2D eigenvalue weighted by atomic mass is 9.98. The molecule has 0 spiro atoms. The fraction of sp³-hybridized carbons (Fsp3) is 0.357. The van der Waals surface area contributed by atoms with E-state index in [9.17, 15) is 5.11 Å². The van der Waals surface area contributed by atoms with Gasteiger partial charge < -0.3 is 9.84 Å². The minimum Gasteiger partial charge on any atom is -0.496 e. The third-order valence-corrected chi connectivity index (χ3v) is 4.00. The molecule has 0 radical (unpaired) electrons. The molecule has 0 bridgehead atoms. The molecule has 0 aliphatic rings. The van der Waals surface area contributed by atoms with Crippen molar-refractivity contribution in [2.75, 3.05) is 7.11 Å². The van der Waals surface area contributed by atoms with Gasteiger partial charge >= 0.3 is 0 Å². The third kappa shape index (κ3) is 2.26. The van der Waals surface area contributed by atoms with Crippen molar-refractivity contribution in [1.29, 1.82) is 0 Å². The van der Waals surface area contributed by atoms with Gasteiger partial charge in [0, 0.05) is 5.56 Å². The van der Waals surface area contributed by atoms with E-state index < -0.39 is 6.10 Å². The van der Waals surface area contributed by atoms with Crippen LogP contribution in [0.2, 0.25) is 0 Å². The van der Waals surface area contributed by atoms with Crippen LogP contribution in [-0.2, 0) is 0 Å². The fourth-order valence-electron chi connectivity index (χ4n) is 2.16. The largest absolute Gasteiger partial charge is 0.496 e. The summed E-state index contributed by atoms with van der Waals surface area (Å²) in [5, 5.41) is 10.5. The van der Waals surface area contributed by atoms with Gasteiger partial charge in [0.05, 0.1) is 23.2 Å². The van der Waals surface area contributed by atoms with E-state index in [0.29, 0.717) is 0 Å². The molecule has 1 aromatic carbocycles. The second-order valence-electron chi connectivity index (χ2n) is 4.40. The van der Waals surface area contributed by atoms with Crippen molar-refractivity contribution in [3.8, 4) is 5.75 Å². The number of hydrogen-bond donors (Lipinski definition) is 1. The summed E-state index contributed by atoms with van der Waals surface area (Å²) in [6.07, 6.45) is -0.673. The zero-order valence-corrected chi connectivity index (χ0v) is 11.8. The molecule has 4 heteroatoms. The van der Waals surface area contributed by atoms with E-state index in [1.807, 2.05) is 26.8 Å². The summed E-state index contributed by atoms with van der Waals surface area (Å²) in [5.41, 5.74) is 5.61. The van der Waals surface area contributed by atoms with E-state index in [1.165, 1.54) is 11.3 Å². The summed E-state index contributed by atoms with van der Waals surface area (Å²) in [4.78, 5) is 5.06. The molecule has 0 aliphatic carbocycles. The smallest absolute Gasteiger partial charge is 0.125 e. The number of aliphatic hydroxyl groups excluding tert-OH is 1. The highest BCUT2D eigenvalue weighted by atomic mass is 32.1. The summed E-state index contributed by atoms with van der Waals surface area (Å²) in [5.74, 6) is 0.729.